The van der Waals surface area contributed by atoms with Gasteiger partial charge in [-0.05, 0) is 30.3 Å². The number of ether oxygens (including phenoxy) is 1. The van der Waals surface area contributed by atoms with Crippen LogP contribution in [-0.2, 0) is 0 Å². The van der Waals surface area contributed by atoms with Gasteiger partial charge in [0.15, 0.2) is 11.3 Å². The lowest BCUT2D eigenvalue weighted by atomic mass is 10.0. The average molecular weight is 449 g/mol. The van der Waals surface area contributed by atoms with Crippen LogP contribution in [0.4, 0.5) is 5.69 Å². The Hall–Kier alpha value is -3.54. The van der Waals surface area contributed by atoms with Gasteiger partial charge in [-0.25, -0.2) is 0 Å². The van der Waals surface area contributed by atoms with Crippen molar-refractivity contribution < 1.29 is 13.9 Å². The fourth-order valence-electron chi connectivity index (χ4n) is 3.40. The van der Waals surface area contributed by atoms with Crippen molar-refractivity contribution in [2.75, 3.05) is 5.32 Å². The summed E-state index contributed by atoms with van der Waals surface area (Å²) in [6.45, 7) is 0. The van der Waals surface area contributed by atoms with E-state index in [4.69, 9.17) is 32.4 Å². The minimum atomic E-state index is -0.377. The molecular formula is C24H14Cl2N2O3. The highest BCUT2D eigenvalue weighted by Crippen LogP contribution is 2.39. The molecule has 3 aromatic carbocycles. The molecule has 5 rings (SSSR count). The Labute approximate surface area is 187 Å². The third-order valence-electron chi connectivity index (χ3n) is 4.80. The number of aromatic nitrogens is 1. The number of nitrogens with zero attached hydrogens (tertiary/aromatic N) is 1. The number of rotatable bonds is 4. The van der Waals surface area contributed by atoms with Gasteiger partial charge in [-0.15, -0.1) is 0 Å². The second-order valence-corrected chi connectivity index (χ2v) is 7.58. The fraction of sp³-hybridized carbons (Fsp3) is 0. The number of amides is 1. The minimum Gasteiger partial charge on any atom is -0.453 e. The van der Waals surface area contributed by atoms with Gasteiger partial charge in [0.25, 0.3) is 5.91 Å². The largest absolute Gasteiger partial charge is 0.453 e. The summed E-state index contributed by atoms with van der Waals surface area (Å²) in [5.41, 5.74) is 1.83. The first-order valence-electron chi connectivity index (χ1n) is 9.39. The highest BCUT2D eigenvalue weighted by Gasteiger charge is 2.21. The lowest BCUT2D eigenvalue weighted by molar-refractivity contribution is 0.102. The molecule has 0 saturated heterocycles. The maximum Gasteiger partial charge on any atom is 0.256 e. The third-order valence-corrected chi connectivity index (χ3v) is 5.37. The van der Waals surface area contributed by atoms with Crippen LogP contribution in [0.1, 0.15) is 10.4 Å². The van der Waals surface area contributed by atoms with Gasteiger partial charge in [-0.3, -0.25) is 9.78 Å². The van der Waals surface area contributed by atoms with Gasteiger partial charge in [0.2, 0.25) is 0 Å². The predicted octanol–water partition coefficient (Wildman–Crippen LogP) is 7.33. The van der Waals surface area contributed by atoms with E-state index in [9.17, 15) is 4.79 Å². The smallest absolute Gasteiger partial charge is 0.256 e. The van der Waals surface area contributed by atoms with E-state index in [1.807, 2.05) is 54.6 Å². The van der Waals surface area contributed by atoms with Crippen molar-refractivity contribution in [1.82, 2.24) is 4.98 Å². The topological polar surface area (TPSA) is 64.4 Å². The zero-order valence-corrected chi connectivity index (χ0v) is 17.4. The number of benzene rings is 3. The maximum atomic E-state index is 13.2. The molecule has 31 heavy (non-hydrogen) atoms. The number of pyridine rings is 1. The number of hydrogen-bond donors (Lipinski definition) is 1. The Bertz CT molecular complexity index is 1410. The lowest BCUT2D eigenvalue weighted by Gasteiger charge is -2.11. The quantitative estimate of drug-likeness (QED) is 0.312. The van der Waals surface area contributed by atoms with Crippen LogP contribution >= 0.6 is 23.2 Å². The van der Waals surface area contributed by atoms with E-state index in [0.717, 1.165) is 5.39 Å². The fourth-order valence-corrected chi connectivity index (χ4v) is 3.86. The van der Waals surface area contributed by atoms with Crippen LogP contribution in [0.2, 0.25) is 10.0 Å². The number of furan rings is 1. The second-order valence-electron chi connectivity index (χ2n) is 6.76. The maximum absolute atomic E-state index is 13.2. The summed E-state index contributed by atoms with van der Waals surface area (Å²) in [7, 11) is 0. The summed E-state index contributed by atoms with van der Waals surface area (Å²) in [5, 5.41) is 4.72. The highest BCUT2D eigenvalue weighted by molar-refractivity contribution is 6.40. The van der Waals surface area contributed by atoms with Crippen molar-refractivity contribution in [2.45, 2.75) is 0 Å². The Balaban J connectivity index is 1.65. The van der Waals surface area contributed by atoms with Gasteiger partial charge in [-0.2, -0.15) is 0 Å². The molecule has 0 radical (unpaired) electrons. The van der Waals surface area contributed by atoms with Crippen molar-refractivity contribution >= 4 is 56.7 Å². The monoisotopic (exact) mass is 448 g/mol. The van der Waals surface area contributed by atoms with Crippen molar-refractivity contribution in [2.24, 2.45) is 0 Å². The molecule has 0 aliphatic carbocycles. The molecule has 5 aromatic rings. The van der Waals surface area contributed by atoms with Crippen LogP contribution in [0.25, 0.3) is 21.9 Å². The molecule has 2 heterocycles. The summed E-state index contributed by atoms with van der Waals surface area (Å²) in [6, 6.07) is 20.3. The summed E-state index contributed by atoms with van der Waals surface area (Å²) in [5.74, 6) is 0.795. The van der Waals surface area contributed by atoms with Gasteiger partial charge in [-0.1, -0.05) is 59.6 Å². The van der Waals surface area contributed by atoms with Crippen LogP contribution in [0.15, 0.2) is 83.5 Å². The number of halogens is 2. The van der Waals surface area contributed by atoms with Gasteiger partial charge < -0.3 is 14.5 Å². The normalized spacial score (nSPS) is 11.0. The molecular weight excluding hydrogens is 435 g/mol. The summed E-state index contributed by atoms with van der Waals surface area (Å²) < 4.78 is 12.1. The predicted molar refractivity (Wildman–Crippen MR) is 122 cm³/mol. The first-order chi connectivity index (χ1) is 15.1. The van der Waals surface area contributed by atoms with Gasteiger partial charge in [0, 0.05) is 23.2 Å². The first-order valence-corrected chi connectivity index (χ1v) is 10.1. The van der Waals surface area contributed by atoms with E-state index in [2.05, 4.69) is 10.3 Å². The van der Waals surface area contributed by atoms with Crippen LogP contribution in [0, 0.1) is 0 Å². The van der Waals surface area contributed by atoms with Crippen LogP contribution < -0.4 is 10.1 Å². The zero-order chi connectivity index (χ0) is 21.4. The molecule has 0 spiro atoms. The van der Waals surface area contributed by atoms with E-state index in [1.165, 1.54) is 12.4 Å². The average Bonchev–Trinajstić information content (AvgIpc) is 3.17. The second kappa shape index (κ2) is 7.95. The molecule has 0 atom stereocenters. The number of anilines is 1. The lowest BCUT2D eigenvalue weighted by Crippen LogP contribution is -2.13. The van der Waals surface area contributed by atoms with Gasteiger partial charge in [0.1, 0.15) is 11.3 Å². The van der Waals surface area contributed by atoms with E-state index in [1.54, 1.807) is 12.1 Å². The van der Waals surface area contributed by atoms with E-state index >= 15 is 0 Å². The van der Waals surface area contributed by atoms with Crippen molar-refractivity contribution in [1.29, 1.82) is 0 Å². The highest BCUT2D eigenvalue weighted by atomic mass is 35.5. The van der Waals surface area contributed by atoms with E-state index < -0.39 is 0 Å². The minimum absolute atomic E-state index is 0.248. The number of nitrogens with one attached hydrogen (secondary N) is 1. The van der Waals surface area contributed by atoms with Crippen LogP contribution in [0.3, 0.4) is 0 Å². The van der Waals surface area contributed by atoms with E-state index in [0.29, 0.717) is 39.3 Å². The van der Waals surface area contributed by atoms with Crippen molar-refractivity contribution in [3.8, 4) is 11.5 Å². The third kappa shape index (κ3) is 3.58. The molecule has 0 bridgehead atoms. The van der Waals surface area contributed by atoms with Gasteiger partial charge >= 0.3 is 0 Å². The zero-order valence-electron chi connectivity index (χ0n) is 15.9. The first kappa shape index (κ1) is 19.4. The Morgan fingerprint density at radius 2 is 1.61 bits per heavy atom. The number of para-hydroxylation sites is 2. The molecule has 1 amide bonds. The molecule has 0 fully saturated rings. The van der Waals surface area contributed by atoms with E-state index in [-0.39, 0.29) is 16.0 Å². The number of hydrogen-bond acceptors (Lipinski definition) is 4. The Morgan fingerprint density at radius 3 is 2.39 bits per heavy atom. The molecule has 0 aliphatic heterocycles. The Morgan fingerprint density at radius 1 is 0.903 bits per heavy atom. The Kier molecular flexibility index (Phi) is 4.98. The van der Waals surface area contributed by atoms with Crippen LogP contribution in [0.5, 0.6) is 11.5 Å². The van der Waals surface area contributed by atoms with Crippen molar-refractivity contribution in [3.05, 3.63) is 94.7 Å². The SMILES string of the molecule is O=C(Nc1c(Cl)cncc1Cl)c1ccc(Oc2ccccc2)c2oc3ccccc3c12. The number of carbonyl (C=O) groups is 1. The molecule has 7 heteroatoms. The summed E-state index contributed by atoms with van der Waals surface area (Å²) in [4.78, 5) is 17.1. The summed E-state index contributed by atoms with van der Waals surface area (Å²) >= 11 is 12.3. The standard InChI is InChI=1S/C24H14Cl2N2O3/c25-17-12-27-13-18(26)22(17)28-24(29)16-10-11-20(30-14-6-2-1-3-7-14)23-21(16)15-8-4-5-9-19(15)31-23/h1-13H,(H,27,28,29). The molecule has 5 nitrogen and oxygen atoms in total. The number of fused-ring (bicyclic) bond motifs is 3. The summed E-state index contributed by atoms with van der Waals surface area (Å²) in [6.07, 6.45) is 2.84. The molecule has 0 unspecified atom stereocenters. The molecule has 2 aromatic heterocycles. The van der Waals surface area contributed by atoms with Crippen molar-refractivity contribution in [3.63, 3.8) is 0 Å². The molecule has 152 valence electrons. The molecule has 0 aliphatic rings. The van der Waals surface area contributed by atoms with Crippen LogP contribution in [-0.4, -0.2) is 10.9 Å². The van der Waals surface area contributed by atoms with Gasteiger partial charge in [0.05, 0.1) is 21.3 Å². The number of carbonyl (C=O) groups excluding carboxylic acids is 1. The molecule has 0 saturated carbocycles. The molecule has 1 N–H and O–H groups in total.